The first kappa shape index (κ1) is 9.21. The van der Waals surface area contributed by atoms with Crippen molar-refractivity contribution in [1.82, 2.24) is 0 Å². The largest absolute Gasteiger partial charge is 0.478 e. The molecule has 0 fully saturated rings. The quantitative estimate of drug-likeness (QED) is 0.802. The van der Waals surface area contributed by atoms with Gasteiger partial charge in [0.1, 0.15) is 0 Å². The average molecular weight is 256 g/mol. The summed E-state index contributed by atoms with van der Waals surface area (Å²) in [6, 6.07) is 3.07. The second kappa shape index (κ2) is 3.09. The Labute approximate surface area is 88.1 Å². The number of hydrogen-bond acceptors (Lipinski definition) is 2. The summed E-state index contributed by atoms with van der Waals surface area (Å²) in [5, 5.41) is 11.5. The van der Waals surface area contributed by atoms with Crippen molar-refractivity contribution in [2.75, 3.05) is 5.32 Å². The molecule has 4 nitrogen and oxygen atoms in total. The Morgan fingerprint density at radius 3 is 2.86 bits per heavy atom. The third kappa shape index (κ3) is 1.29. The van der Waals surface area contributed by atoms with Crippen LogP contribution in [0.5, 0.6) is 0 Å². The zero-order chi connectivity index (χ0) is 10.3. The number of nitrogens with one attached hydrogen (secondary N) is 1. The first-order valence-electron chi connectivity index (χ1n) is 3.94. The number of hydrogen-bond donors (Lipinski definition) is 2. The van der Waals surface area contributed by atoms with E-state index in [-0.39, 0.29) is 17.9 Å². The van der Waals surface area contributed by atoms with Crippen molar-refractivity contribution >= 4 is 33.5 Å². The number of carboxylic acid groups (broad SMARTS) is 1. The zero-order valence-electron chi connectivity index (χ0n) is 7.00. The van der Waals surface area contributed by atoms with Crippen molar-refractivity contribution in [1.29, 1.82) is 0 Å². The first-order chi connectivity index (χ1) is 6.59. The Morgan fingerprint density at radius 2 is 2.21 bits per heavy atom. The molecule has 2 rings (SSSR count). The lowest BCUT2D eigenvalue weighted by Crippen LogP contribution is -2.03. The van der Waals surface area contributed by atoms with Gasteiger partial charge in [0, 0.05) is 15.7 Å². The molecule has 0 unspecified atom stereocenters. The lowest BCUT2D eigenvalue weighted by atomic mass is 10.1. The summed E-state index contributed by atoms with van der Waals surface area (Å²) >= 11 is 3.19. The van der Waals surface area contributed by atoms with Crippen LogP contribution in [-0.4, -0.2) is 17.0 Å². The van der Waals surface area contributed by atoms with E-state index in [0.717, 1.165) is 5.56 Å². The number of amides is 1. The molecular weight excluding hydrogens is 250 g/mol. The van der Waals surface area contributed by atoms with Gasteiger partial charge < -0.3 is 10.4 Å². The van der Waals surface area contributed by atoms with Gasteiger partial charge in [-0.15, -0.1) is 0 Å². The molecule has 2 N–H and O–H groups in total. The van der Waals surface area contributed by atoms with Gasteiger partial charge in [-0.3, -0.25) is 4.79 Å². The summed E-state index contributed by atoms with van der Waals surface area (Å²) < 4.78 is 0.487. The number of aromatic carboxylic acids is 1. The summed E-state index contributed by atoms with van der Waals surface area (Å²) in [6.45, 7) is 0. The summed E-state index contributed by atoms with van der Waals surface area (Å²) in [6.07, 6.45) is 0.233. The highest BCUT2D eigenvalue weighted by molar-refractivity contribution is 9.10. The molecule has 1 aliphatic heterocycles. The van der Waals surface area contributed by atoms with Crippen molar-refractivity contribution in [3.8, 4) is 0 Å². The third-order valence-corrected chi connectivity index (χ3v) is 2.99. The minimum absolute atomic E-state index is 0.108. The number of benzene rings is 1. The fourth-order valence-corrected chi connectivity index (χ4v) is 2.09. The second-order valence-electron chi connectivity index (χ2n) is 2.98. The molecule has 0 atom stereocenters. The van der Waals surface area contributed by atoms with Gasteiger partial charge in [-0.1, -0.05) is 0 Å². The topological polar surface area (TPSA) is 66.4 Å². The molecule has 1 heterocycles. The van der Waals surface area contributed by atoms with Crippen LogP contribution >= 0.6 is 15.9 Å². The number of carbonyl (C=O) groups is 2. The van der Waals surface area contributed by atoms with E-state index in [1.54, 1.807) is 6.07 Å². The van der Waals surface area contributed by atoms with Crippen LogP contribution in [0.4, 0.5) is 5.69 Å². The number of carbonyl (C=O) groups excluding carboxylic acids is 1. The van der Waals surface area contributed by atoms with Crippen molar-refractivity contribution < 1.29 is 14.7 Å². The molecule has 1 aromatic rings. The molecule has 0 spiro atoms. The molecule has 0 saturated carbocycles. The Morgan fingerprint density at radius 1 is 1.50 bits per heavy atom. The normalized spacial score (nSPS) is 13.6. The van der Waals surface area contributed by atoms with Crippen molar-refractivity contribution in [3.05, 3.63) is 27.7 Å². The van der Waals surface area contributed by atoms with Gasteiger partial charge >= 0.3 is 5.97 Å². The Kier molecular flexibility index (Phi) is 2.03. The van der Waals surface area contributed by atoms with Crippen LogP contribution in [0.15, 0.2) is 16.6 Å². The SMILES string of the molecule is O=C1Cc2c(ccc(C(=O)O)c2Br)N1. The Hall–Kier alpha value is -1.36. The Bertz CT molecular complexity index is 442. The van der Waals surface area contributed by atoms with Gasteiger partial charge in [-0.25, -0.2) is 4.79 Å². The predicted octanol–water partition coefficient (Wildman–Crippen LogP) is 1.64. The van der Waals surface area contributed by atoms with Gasteiger partial charge in [-0.05, 0) is 28.1 Å². The summed E-state index contributed by atoms with van der Waals surface area (Å²) in [4.78, 5) is 21.8. The highest BCUT2D eigenvalue weighted by Crippen LogP contribution is 2.32. The van der Waals surface area contributed by atoms with Crippen LogP contribution in [0.1, 0.15) is 15.9 Å². The van der Waals surface area contributed by atoms with E-state index in [9.17, 15) is 9.59 Å². The fraction of sp³-hybridized carbons (Fsp3) is 0.111. The van der Waals surface area contributed by atoms with Crippen molar-refractivity contribution in [2.24, 2.45) is 0 Å². The highest BCUT2D eigenvalue weighted by Gasteiger charge is 2.23. The van der Waals surface area contributed by atoms with E-state index >= 15 is 0 Å². The van der Waals surface area contributed by atoms with Gasteiger partial charge in [-0.2, -0.15) is 0 Å². The maximum Gasteiger partial charge on any atom is 0.336 e. The summed E-state index contributed by atoms with van der Waals surface area (Å²) in [5.41, 5.74) is 1.59. The van der Waals surface area contributed by atoms with E-state index < -0.39 is 5.97 Å². The monoisotopic (exact) mass is 255 g/mol. The molecule has 0 aliphatic carbocycles. The summed E-state index contributed by atoms with van der Waals surface area (Å²) in [7, 11) is 0. The van der Waals surface area contributed by atoms with Crippen LogP contribution in [-0.2, 0) is 11.2 Å². The number of carboxylic acids is 1. The molecule has 1 aliphatic rings. The molecule has 14 heavy (non-hydrogen) atoms. The molecule has 72 valence electrons. The standard InChI is InChI=1S/C9H6BrNO3/c10-8-4(9(13)14)1-2-6-5(8)3-7(12)11-6/h1-2H,3H2,(H,11,12)(H,13,14). The highest BCUT2D eigenvalue weighted by atomic mass is 79.9. The molecule has 0 radical (unpaired) electrons. The molecule has 1 aromatic carbocycles. The van der Waals surface area contributed by atoms with Crippen LogP contribution in [0.2, 0.25) is 0 Å². The van der Waals surface area contributed by atoms with Gasteiger partial charge in [0.05, 0.1) is 12.0 Å². The van der Waals surface area contributed by atoms with Crippen molar-refractivity contribution in [3.63, 3.8) is 0 Å². The minimum atomic E-state index is -1.00. The van der Waals surface area contributed by atoms with Gasteiger partial charge in [0.2, 0.25) is 5.91 Å². The fourth-order valence-electron chi connectivity index (χ4n) is 1.43. The van der Waals surface area contributed by atoms with E-state index in [2.05, 4.69) is 21.2 Å². The van der Waals surface area contributed by atoms with Crippen molar-refractivity contribution in [2.45, 2.75) is 6.42 Å². The molecule has 1 amide bonds. The van der Waals surface area contributed by atoms with Crippen LogP contribution in [0, 0.1) is 0 Å². The van der Waals surface area contributed by atoms with Crippen LogP contribution < -0.4 is 5.32 Å². The van der Waals surface area contributed by atoms with E-state index in [1.165, 1.54) is 6.07 Å². The maximum atomic E-state index is 11.1. The summed E-state index contributed by atoms with van der Waals surface area (Å²) in [5.74, 6) is -1.11. The smallest absolute Gasteiger partial charge is 0.336 e. The lowest BCUT2D eigenvalue weighted by Gasteiger charge is -2.03. The van der Waals surface area contributed by atoms with E-state index in [4.69, 9.17) is 5.11 Å². The third-order valence-electron chi connectivity index (χ3n) is 2.09. The number of anilines is 1. The first-order valence-corrected chi connectivity index (χ1v) is 4.73. The maximum absolute atomic E-state index is 11.1. The van der Waals surface area contributed by atoms with E-state index in [1.807, 2.05) is 0 Å². The Balaban J connectivity index is 2.59. The van der Waals surface area contributed by atoms with E-state index in [0.29, 0.717) is 10.2 Å². The zero-order valence-corrected chi connectivity index (χ0v) is 8.59. The van der Waals surface area contributed by atoms with Crippen LogP contribution in [0.3, 0.4) is 0 Å². The average Bonchev–Trinajstić information content (AvgIpc) is 2.46. The molecular formula is C9H6BrNO3. The molecule has 0 aromatic heterocycles. The van der Waals surface area contributed by atoms with Gasteiger partial charge in [0.15, 0.2) is 0 Å². The molecule has 5 heteroatoms. The minimum Gasteiger partial charge on any atom is -0.478 e. The lowest BCUT2D eigenvalue weighted by molar-refractivity contribution is -0.115. The van der Waals surface area contributed by atoms with Gasteiger partial charge in [0.25, 0.3) is 0 Å². The number of halogens is 1. The molecule has 0 bridgehead atoms. The predicted molar refractivity (Wildman–Crippen MR) is 53.4 cm³/mol. The second-order valence-corrected chi connectivity index (χ2v) is 3.78. The molecule has 0 saturated heterocycles. The number of fused-ring (bicyclic) bond motifs is 1. The van der Waals surface area contributed by atoms with Crippen LogP contribution in [0.25, 0.3) is 0 Å². The number of rotatable bonds is 1.